The van der Waals surface area contributed by atoms with Crippen LogP contribution in [0.2, 0.25) is 0 Å². The largest absolute Gasteiger partial charge is 0.423 e. The van der Waals surface area contributed by atoms with Gasteiger partial charge in [0.15, 0.2) is 6.04 Å². The number of nitrogens with zero attached hydrogens (tertiary/aromatic N) is 1. The lowest BCUT2D eigenvalue weighted by molar-refractivity contribution is -0.432. The molecule has 1 aliphatic rings. The quantitative estimate of drug-likeness (QED) is 0.297. The molecule has 8 heteroatoms. The van der Waals surface area contributed by atoms with Crippen LogP contribution in [0, 0.1) is 10.1 Å². The van der Waals surface area contributed by atoms with Crippen molar-refractivity contribution in [1.29, 1.82) is 0 Å². The van der Waals surface area contributed by atoms with E-state index in [0.717, 1.165) is 5.39 Å². The van der Waals surface area contributed by atoms with E-state index in [1.807, 2.05) is 12.1 Å². The van der Waals surface area contributed by atoms with Gasteiger partial charge in [-0.1, -0.05) is 48.5 Å². The van der Waals surface area contributed by atoms with E-state index in [2.05, 4.69) is 10.6 Å². The average Bonchev–Trinajstić information content (AvgIpc) is 2.73. The zero-order valence-corrected chi connectivity index (χ0v) is 15.9. The second kappa shape index (κ2) is 7.67. The van der Waals surface area contributed by atoms with Crippen LogP contribution >= 0.6 is 0 Å². The number of benzene rings is 3. The number of esters is 1. The Morgan fingerprint density at radius 1 is 1.03 bits per heavy atom. The lowest BCUT2D eigenvalue weighted by Gasteiger charge is -2.26. The van der Waals surface area contributed by atoms with Gasteiger partial charge in [0.05, 0.1) is 16.2 Å². The fourth-order valence-electron chi connectivity index (χ4n) is 3.53. The number of nitro groups is 1. The van der Waals surface area contributed by atoms with Crippen molar-refractivity contribution in [2.24, 2.45) is 0 Å². The summed E-state index contributed by atoms with van der Waals surface area (Å²) in [6, 6.07) is 17.3. The van der Waals surface area contributed by atoms with E-state index in [-0.39, 0.29) is 17.1 Å². The highest BCUT2D eigenvalue weighted by Crippen LogP contribution is 2.38. The molecular weight excluding hydrogens is 386 g/mol. The van der Waals surface area contributed by atoms with E-state index in [9.17, 15) is 19.7 Å². The van der Waals surface area contributed by atoms with Gasteiger partial charge in [0.1, 0.15) is 5.75 Å². The van der Waals surface area contributed by atoms with E-state index in [0.29, 0.717) is 16.5 Å². The van der Waals surface area contributed by atoms with Gasteiger partial charge < -0.3 is 15.4 Å². The van der Waals surface area contributed by atoms with Gasteiger partial charge in [0.25, 0.3) is 5.70 Å². The molecular formula is C22H17N3O5. The third-order valence-electron chi connectivity index (χ3n) is 4.86. The predicted octanol–water partition coefficient (Wildman–Crippen LogP) is 3.92. The van der Waals surface area contributed by atoms with Crippen LogP contribution in [0.3, 0.4) is 0 Å². The smallest absolute Gasteiger partial charge is 0.343 e. The molecule has 30 heavy (non-hydrogen) atoms. The Bertz CT molecular complexity index is 1200. The molecule has 3 aromatic carbocycles. The molecule has 1 unspecified atom stereocenters. The molecule has 0 saturated carbocycles. The molecule has 3 aromatic rings. The number of hydrogen-bond acceptors (Lipinski definition) is 5. The lowest BCUT2D eigenvalue weighted by Crippen LogP contribution is -2.45. The van der Waals surface area contributed by atoms with Crippen LogP contribution < -0.4 is 15.4 Å². The molecule has 0 radical (unpaired) electrons. The number of urea groups is 1. The molecule has 0 aliphatic carbocycles. The predicted molar refractivity (Wildman–Crippen MR) is 109 cm³/mol. The maximum atomic E-state index is 12.7. The van der Waals surface area contributed by atoms with Gasteiger partial charge in [-0.05, 0) is 35.9 Å². The molecule has 1 atom stereocenters. The molecule has 2 N–H and O–H groups in total. The van der Waals surface area contributed by atoms with Crippen molar-refractivity contribution < 1.29 is 19.2 Å². The Morgan fingerprint density at radius 3 is 2.47 bits per heavy atom. The number of carbonyl (C=O) groups excluding carboxylic acids is 2. The number of fused-ring (bicyclic) bond motifs is 1. The standard InChI is InChI=1S/C22H17N3O5/c1-13-20(25(28)29)19(24-22(27)23-13)18-16-10-6-5-7-14(16)11-12-17(18)30-21(26)15-8-3-2-4-9-15/h2-12,19H,1H3,(H2,23,24,27). The van der Waals surface area contributed by atoms with Gasteiger partial charge in [0, 0.05) is 5.56 Å². The van der Waals surface area contributed by atoms with Crippen molar-refractivity contribution >= 4 is 22.8 Å². The Kier molecular flexibility index (Phi) is 4.89. The molecule has 4 rings (SSSR count). The maximum Gasteiger partial charge on any atom is 0.343 e. The van der Waals surface area contributed by atoms with Crippen LogP contribution in [0.5, 0.6) is 5.75 Å². The zero-order chi connectivity index (χ0) is 21.3. The monoisotopic (exact) mass is 403 g/mol. The molecule has 0 spiro atoms. The molecule has 8 nitrogen and oxygen atoms in total. The Hall–Kier alpha value is -4.20. The highest BCUT2D eigenvalue weighted by Gasteiger charge is 2.38. The molecule has 1 heterocycles. The van der Waals surface area contributed by atoms with E-state index in [1.54, 1.807) is 54.6 Å². The van der Waals surface area contributed by atoms with Gasteiger partial charge in [-0.25, -0.2) is 9.59 Å². The first-order chi connectivity index (χ1) is 14.5. The minimum Gasteiger partial charge on any atom is -0.423 e. The van der Waals surface area contributed by atoms with Crippen molar-refractivity contribution in [2.45, 2.75) is 13.0 Å². The summed E-state index contributed by atoms with van der Waals surface area (Å²) in [7, 11) is 0. The first-order valence-corrected chi connectivity index (χ1v) is 9.17. The Labute approximate surface area is 171 Å². The summed E-state index contributed by atoms with van der Waals surface area (Å²) in [5.41, 5.74) is 0.593. The third-order valence-corrected chi connectivity index (χ3v) is 4.86. The van der Waals surface area contributed by atoms with Gasteiger partial charge in [-0.15, -0.1) is 0 Å². The summed E-state index contributed by atoms with van der Waals surface area (Å²) in [6.45, 7) is 1.46. The van der Waals surface area contributed by atoms with Crippen molar-refractivity contribution in [3.8, 4) is 5.75 Å². The summed E-state index contributed by atoms with van der Waals surface area (Å²) >= 11 is 0. The number of nitrogens with one attached hydrogen (secondary N) is 2. The van der Waals surface area contributed by atoms with Gasteiger partial charge in [-0.2, -0.15) is 0 Å². The first kappa shape index (κ1) is 19.1. The number of hydrogen-bond donors (Lipinski definition) is 2. The number of allylic oxidation sites excluding steroid dienone is 1. The number of ether oxygens (including phenoxy) is 1. The normalized spacial score (nSPS) is 16.0. The fraction of sp³-hybridized carbons (Fsp3) is 0.0909. The zero-order valence-electron chi connectivity index (χ0n) is 15.9. The Balaban J connectivity index is 1.90. The second-order valence-corrected chi connectivity index (χ2v) is 6.75. The summed E-state index contributed by atoms with van der Waals surface area (Å²) in [5.74, 6) is -0.461. The lowest BCUT2D eigenvalue weighted by atomic mass is 9.94. The van der Waals surface area contributed by atoms with E-state index < -0.39 is 23.0 Å². The first-order valence-electron chi connectivity index (χ1n) is 9.17. The minimum absolute atomic E-state index is 0.127. The van der Waals surface area contributed by atoms with Crippen molar-refractivity contribution in [2.75, 3.05) is 0 Å². The molecule has 1 aliphatic heterocycles. The molecule has 0 aromatic heterocycles. The second-order valence-electron chi connectivity index (χ2n) is 6.75. The fourth-order valence-corrected chi connectivity index (χ4v) is 3.53. The molecule has 2 amide bonds. The van der Waals surface area contributed by atoms with Crippen LogP contribution in [-0.4, -0.2) is 16.9 Å². The van der Waals surface area contributed by atoms with E-state index >= 15 is 0 Å². The van der Waals surface area contributed by atoms with Crippen LogP contribution in [0.15, 0.2) is 78.1 Å². The Morgan fingerprint density at radius 2 is 1.73 bits per heavy atom. The summed E-state index contributed by atoms with van der Waals surface area (Å²) in [6.07, 6.45) is 0. The van der Waals surface area contributed by atoms with E-state index in [4.69, 9.17) is 4.74 Å². The number of amides is 2. The molecule has 0 bridgehead atoms. The number of rotatable bonds is 4. The van der Waals surface area contributed by atoms with Crippen LogP contribution in [-0.2, 0) is 0 Å². The van der Waals surface area contributed by atoms with Gasteiger partial charge in [-0.3, -0.25) is 10.1 Å². The maximum absolute atomic E-state index is 12.7. The topological polar surface area (TPSA) is 111 Å². The third kappa shape index (κ3) is 3.46. The van der Waals surface area contributed by atoms with Gasteiger partial charge in [0.2, 0.25) is 0 Å². The van der Waals surface area contributed by atoms with Crippen molar-refractivity contribution in [1.82, 2.24) is 10.6 Å². The molecule has 0 saturated heterocycles. The summed E-state index contributed by atoms with van der Waals surface area (Å²) < 4.78 is 5.64. The SMILES string of the molecule is CC1=C([N+](=O)[O-])C(c2c(OC(=O)c3ccccc3)ccc3ccccc23)NC(=O)N1. The highest BCUT2D eigenvalue weighted by atomic mass is 16.6. The minimum atomic E-state index is -1.10. The molecule has 0 fully saturated rings. The van der Waals surface area contributed by atoms with Crippen LogP contribution in [0.4, 0.5) is 4.79 Å². The van der Waals surface area contributed by atoms with Crippen molar-refractivity contribution in [3.63, 3.8) is 0 Å². The van der Waals surface area contributed by atoms with Crippen molar-refractivity contribution in [3.05, 3.63) is 99.4 Å². The summed E-state index contributed by atoms with van der Waals surface area (Å²) in [5, 5.41) is 18.2. The highest BCUT2D eigenvalue weighted by molar-refractivity contribution is 5.94. The molecule has 150 valence electrons. The van der Waals surface area contributed by atoms with E-state index in [1.165, 1.54) is 6.92 Å². The van der Waals surface area contributed by atoms with Crippen LogP contribution in [0.1, 0.15) is 28.9 Å². The van der Waals surface area contributed by atoms with Gasteiger partial charge >= 0.3 is 12.0 Å². The average molecular weight is 403 g/mol. The van der Waals surface area contributed by atoms with Crippen LogP contribution in [0.25, 0.3) is 10.8 Å². The number of carbonyl (C=O) groups is 2. The summed E-state index contributed by atoms with van der Waals surface area (Å²) in [4.78, 5) is 36.0.